The highest BCUT2D eigenvalue weighted by Gasteiger charge is 2.21. The maximum Gasteiger partial charge on any atom is 0.222 e. The molecule has 1 amide bonds. The quantitative estimate of drug-likeness (QED) is 0.846. The van der Waals surface area contributed by atoms with Crippen molar-refractivity contribution in [1.29, 1.82) is 0 Å². The second-order valence-corrected chi connectivity index (χ2v) is 5.66. The van der Waals surface area contributed by atoms with Crippen LogP contribution in [0.3, 0.4) is 0 Å². The van der Waals surface area contributed by atoms with Crippen LogP contribution in [0.1, 0.15) is 18.4 Å². The van der Waals surface area contributed by atoms with Crippen LogP contribution >= 0.6 is 36.4 Å². The maximum atomic E-state index is 13.8. The normalized spacial score (nSPS) is 14.8. The molecule has 4 nitrogen and oxygen atoms in total. The molecule has 0 saturated carbocycles. The van der Waals surface area contributed by atoms with Crippen molar-refractivity contribution in [1.82, 2.24) is 9.80 Å². The molecule has 0 aromatic heterocycles. The van der Waals surface area contributed by atoms with Gasteiger partial charge >= 0.3 is 0 Å². The molecule has 1 aromatic carbocycles. The number of hydrogen-bond acceptors (Lipinski definition) is 3. The van der Waals surface area contributed by atoms with E-state index in [-0.39, 0.29) is 36.5 Å². The lowest BCUT2D eigenvalue weighted by molar-refractivity contribution is -0.133. The zero-order chi connectivity index (χ0) is 15.2. The first kappa shape index (κ1) is 22.4. The van der Waals surface area contributed by atoms with Crippen LogP contribution in [-0.2, 0) is 11.3 Å². The SMILES string of the molecule is Cl.Cl.NCCCC(=O)N1CCN(Cc2c(F)cccc2Cl)CC1. The summed E-state index contributed by atoms with van der Waals surface area (Å²) in [4.78, 5) is 15.9. The summed E-state index contributed by atoms with van der Waals surface area (Å²) in [5, 5.41) is 0.455. The van der Waals surface area contributed by atoms with Crippen molar-refractivity contribution in [3.05, 3.63) is 34.6 Å². The van der Waals surface area contributed by atoms with Crippen molar-refractivity contribution in [3.8, 4) is 0 Å². The van der Waals surface area contributed by atoms with Gasteiger partial charge in [0.25, 0.3) is 0 Å². The zero-order valence-electron chi connectivity index (χ0n) is 12.8. The predicted octanol–water partition coefficient (Wildman–Crippen LogP) is 2.71. The van der Waals surface area contributed by atoms with Gasteiger partial charge in [0.2, 0.25) is 5.91 Å². The van der Waals surface area contributed by atoms with E-state index in [1.807, 2.05) is 4.90 Å². The molecule has 0 radical (unpaired) electrons. The van der Waals surface area contributed by atoms with Gasteiger partial charge in [-0.15, -0.1) is 24.8 Å². The number of piperazine rings is 1. The van der Waals surface area contributed by atoms with Crippen LogP contribution in [0.15, 0.2) is 18.2 Å². The summed E-state index contributed by atoms with van der Waals surface area (Å²) < 4.78 is 13.8. The van der Waals surface area contributed by atoms with Gasteiger partial charge in [0.15, 0.2) is 0 Å². The molecule has 1 heterocycles. The molecule has 132 valence electrons. The number of rotatable bonds is 5. The third kappa shape index (κ3) is 6.43. The highest BCUT2D eigenvalue weighted by atomic mass is 35.5. The smallest absolute Gasteiger partial charge is 0.222 e. The second kappa shape index (κ2) is 11.0. The first-order chi connectivity index (χ1) is 10.1. The number of nitrogens with zero attached hydrogens (tertiary/aromatic N) is 2. The summed E-state index contributed by atoms with van der Waals surface area (Å²) in [6, 6.07) is 4.73. The van der Waals surface area contributed by atoms with Crippen LogP contribution in [0.25, 0.3) is 0 Å². The summed E-state index contributed by atoms with van der Waals surface area (Å²) in [7, 11) is 0. The second-order valence-electron chi connectivity index (χ2n) is 5.25. The molecule has 0 atom stereocenters. The standard InChI is InChI=1S/C15H21ClFN3O.2ClH/c16-13-3-1-4-14(17)12(13)11-19-7-9-20(10-8-19)15(21)5-2-6-18;;/h1,3-4H,2,5-11,18H2;2*1H. The number of amides is 1. The average Bonchev–Trinajstić information content (AvgIpc) is 2.49. The first-order valence-electron chi connectivity index (χ1n) is 7.25. The van der Waals surface area contributed by atoms with Gasteiger partial charge in [-0.2, -0.15) is 0 Å². The molecule has 2 rings (SSSR count). The molecule has 0 unspecified atom stereocenters. The molecule has 1 saturated heterocycles. The van der Waals surface area contributed by atoms with Crippen LogP contribution in [0.4, 0.5) is 4.39 Å². The van der Waals surface area contributed by atoms with Gasteiger partial charge in [-0.05, 0) is 25.1 Å². The van der Waals surface area contributed by atoms with Gasteiger partial charge < -0.3 is 10.6 Å². The fourth-order valence-corrected chi connectivity index (χ4v) is 2.70. The van der Waals surface area contributed by atoms with Crippen molar-refractivity contribution in [2.45, 2.75) is 19.4 Å². The third-order valence-electron chi connectivity index (χ3n) is 3.76. The molecule has 23 heavy (non-hydrogen) atoms. The van der Waals surface area contributed by atoms with E-state index in [1.54, 1.807) is 12.1 Å². The number of carbonyl (C=O) groups excluding carboxylic acids is 1. The van der Waals surface area contributed by atoms with Crippen LogP contribution in [-0.4, -0.2) is 48.4 Å². The number of hydrogen-bond donors (Lipinski definition) is 1. The summed E-state index contributed by atoms with van der Waals surface area (Å²) in [5.41, 5.74) is 5.95. The molecule has 1 aromatic rings. The molecule has 1 aliphatic rings. The van der Waals surface area contributed by atoms with Gasteiger partial charge in [0.05, 0.1) is 0 Å². The van der Waals surface area contributed by atoms with Crippen molar-refractivity contribution in [2.75, 3.05) is 32.7 Å². The minimum absolute atomic E-state index is 0. The molecular weight excluding hydrogens is 364 g/mol. The Morgan fingerprint density at radius 3 is 2.43 bits per heavy atom. The summed E-state index contributed by atoms with van der Waals surface area (Å²) in [6.45, 7) is 3.84. The Kier molecular flexibility index (Phi) is 10.8. The third-order valence-corrected chi connectivity index (χ3v) is 4.12. The minimum atomic E-state index is -0.274. The summed E-state index contributed by atoms with van der Waals surface area (Å²) in [6.07, 6.45) is 1.24. The molecule has 8 heteroatoms. The first-order valence-corrected chi connectivity index (χ1v) is 7.62. The lowest BCUT2D eigenvalue weighted by atomic mass is 10.1. The number of halogens is 4. The van der Waals surface area contributed by atoms with E-state index in [0.29, 0.717) is 43.2 Å². The van der Waals surface area contributed by atoms with Crippen molar-refractivity contribution >= 4 is 42.3 Å². The van der Waals surface area contributed by atoms with E-state index >= 15 is 0 Å². The number of nitrogens with two attached hydrogens (primary N) is 1. The van der Waals surface area contributed by atoms with E-state index in [0.717, 1.165) is 19.5 Å². The van der Waals surface area contributed by atoms with Gasteiger partial charge in [-0.1, -0.05) is 17.7 Å². The number of carbonyl (C=O) groups is 1. The van der Waals surface area contributed by atoms with Crippen molar-refractivity contribution in [2.24, 2.45) is 5.73 Å². The Morgan fingerprint density at radius 1 is 1.22 bits per heavy atom. The van der Waals surface area contributed by atoms with Crippen LogP contribution in [0.5, 0.6) is 0 Å². The number of benzene rings is 1. The Morgan fingerprint density at radius 2 is 1.87 bits per heavy atom. The Hall–Kier alpha value is -0.590. The minimum Gasteiger partial charge on any atom is -0.340 e. The largest absolute Gasteiger partial charge is 0.340 e. The zero-order valence-corrected chi connectivity index (χ0v) is 15.2. The van der Waals surface area contributed by atoms with E-state index in [2.05, 4.69) is 4.90 Å². The molecular formula is C15H23Cl3FN3O. The van der Waals surface area contributed by atoms with Crippen LogP contribution in [0, 0.1) is 5.82 Å². The van der Waals surface area contributed by atoms with E-state index in [9.17, 15) is 9.18 Å². The Balaban J connectivity index is 0.00000242. The van der Waals surface area contributed by atoms with E-state index in [1.165, 1.54) is 6.07 Å². The lowest BCUT2D eigenvalue weighted by Crippen LogP contribution is -2.48. The van der Waals surface area contributed by atoms with Crippen LogP contribution < -0.4 is 5.73 Å². The van der Waals surface area contributed by atoms with E-state index < -0.39 is 0 Å². The van der Waals surface area contributed by atoms with E-state index in [4.69, 9.17) is 17.3 Å². The molecule has 0 bridgehead atoms. The highest BCUT2D eigenvalue weighted by molar-refractivity contribution is 6.31. The fourth-order valence-electron chi connectivity index (χ4n) is 2.47. The van der Waals surface area contributed by atoms with Crippen molar-refractivity contribution in [3.63, 3.8) is 0 Å². The molecule has 1 aliphatic heterocycles. The van der Waals surface area contributed by atoms with Gasteiger partial charge in [-0.25, -0.2) is 4.39 Å². The maximum absolute atomic E-state index is 13.8. The Labute approximate surface area is 154 Å². The van der Waals surface area contributed by atoms with Gasteiger partial charge in [0, 0.05) is 49.7 Å². The molecule has 0 aliphatic carbocycles. The summed E-state index contributed by atoms with van der Waals surface area (Å²) >= 11 is 6.04. The lowest BCUT2D eigenvalue weighted by Gasteiger charge is -2.35. The predicted molar refractivity (Wildman–Crippen MR) is 96.1 cm³/mol. The van der Waals surface area contributed by atoms with Gasteiger partial charge in [0.1, 0.15) is 5.82 Å². The average molecular weight is 387 g/mol. The fraction of sp³-hybridized carbons (Fsp3) is 0.533. The molecule has 0 spiro atoms. The van der Waals surface area contributed by atoms with Crippen molar-refractivity contribution < 1.29 is 9.18 Å². The topological polar surface area (TPSA) is 49.6 Å². The monoisotopic (exact) mass is 385 g/mol. The molecule has 2 N–H and O–H groups in total. The summed E-state index contributed by atoms with van der Waals surface area (Å²) in [5.74, 6) is -0.118. The van der Waals surface area contributed by atoms with Crippen LogP contribution in [0.2, 0.25) is 5.02 Å². The highest BCUT2D eigenvalue weighted by Crippen LogP contribution is 2.21. The molecule has 1 fully saturated rings. The van der Waals surface area contributed by atoms with Gasteiger partial charge in [-0.3, -0.25) is 9.69 Å². The Bertz CT molecular complexity index is 477.